The first kappa shape index (κ1) is 15.9. The van der Waals surface area contributed by atoms with Crippen molar-refractivity contribution in [3.63, 3.8) is 0 Å². The van der Waals surface area contributed by atoms with Crippen LogP contribution in [0.25, 0.3) is 10.1 Å². The molecule has 6 heteroatoms. The summed E-state index contributed by atoms with van der Waals surface area (Å²) in [7, 11) is 0. The van der Waals surface area contributed by atoms with Crippen LogP contribution in [0.5, 0.6) is 0 Å². The fraction of sp³-hybridized carbons (Fsp3) is 0.118. The molecular formula is C17H13ClFNO2S. The van der Waals surface area contributed by atoms with Crippen molar-refractivity contribution in [1.29, 1.82) is 0 Å². The van der Waals surface area contributed by atoms with Gasteiger partial charge in [-0.15, -0.1) is 11.3 Å². The summed E-state index contributed by atoms with van der Waals surface area (Å²) in [6, 6.07) is 11.8. The van der Waals surface area contributed by atoms with E-state index in [2.05, 4.69) is 5.32 Å². The van der Waals surface area contributed by atoms with Crippen LogP contribution in [0, 0.1) is 5.82 Å². The average Bonchev–Trinajstić information content (AvgIpc) is 2.96. The van der Waals surface area contributed by atoms with Gasteiger partial charge in [0.15, 0.2) is 0 Å². The van der Waals surface area contributed by atoms with Gasteiger partial charge >= 0.3 is 0 Å². The van der Waals surface area contributed by atoms with Crippen molar-refractivity contribution >= 4 is 38.9 Å². The molecule has 2 aromatic carbocycles. The molecule has 0 fully saturated rings. The number of carbonyl (C=O) groups is 1. The van der Waals surface area contributed by atoms with Gasteiger partial charge < -0.3 is 10.4 Å². The van der Waals surface area contributed by atoms with Crippen LogP contribution >= 0.6 is 22.9 Å². The van der Waals surface area contributed by atoms with Crippen molar-refractivity contribution < 1.29 is 14.3 Å². The maximum atomic E-state index is 13.7. The second-order valence-corrected chi connectivity index (χ2v) is 6.33. The summed E-state index contributed by atoms with van der Waals surface area (Å²) in [6.07, 6.45) is -0.874. The second kappa shape index (κ2) is 6.66. The molecule has 0 bridgehead atoms. The van der Waals surface area contributed by atoms with Gasteiger partial charge in [0.25, 0.3) is 5.91 Å². The molecule has 3 aromatic rings. The van der Waals surface area contributed by atoms with Gasteiger partial charge in [-0.05, 0) is 29.0 Å². The molecule has 3 rings (SSSR count). The summed E-state index contributed by atoms with van der Waals surface area (Å²) in [5, 5.41) is 15.7. The molecule has 3 nitrogen and oxygen atoms in total. The van der Waals surface area contributed by atoms with Gasteiger partial charge in [-0.25, -0.2) is 4.39 Å². The molecule has 0 spiro atoms. The molecule has 0 unspecified atom stereocenters. The smallest absolute Gasteiger partial charge is 0.255 e. The van der Waals surface area contributed by atoms with Gasteiger partial charge in [-0.1, -0.05) is 35.9 Å². The van der Waals surface area contributed by atoms with Gasteiger partial charge in [0.05, 0.1) is 16.7 Å². The van der Waals surface area contributed by atoms with Crippen LogP contribution in [0.3, 0.4) is 0 Å². The highest BCUT2D eigenvalue weighted by Crippen LogP contribution is 2.30. The van der Waals surface area contributed by atoms with E-state index in [1.165, 1.54) is 29.5 Å². The number of amides is 1. The van der Waals surface area contributed by atoms with Crippen molar-refractivity contribution in [2.45, 2.75) is 6.10 Å². The molecule has 1 heterocycles. The Labute approximate surface area is 141 Å². The summed E-state index contributed by atoms with van der Waals surface area (Å²) < 4.78 is 14.8. The monoisotopic (exact) mass is 349 g/mol. The lowest BCUT2D eigenvalue weighted by atomic mass is 10.1. The Morgan fingerprint density at radius 2 is 2.04 bits per heavy atom. The predicted octanol–water partition coefficient (Wildman–Crippen LogP) is 4.16. The highest BCUT2D eigenvalue weighted by Gasteiger charge is 2.18. The summed E-state index contributed by atoms with van der Waals surface area (Å²) in [5.74, 6) is -1.34. The van der Waals surface area contributed by atoms with Crippen molar-refractivity contribution in [3.05, 3.63) is 69.8 Å². The summed E-state index contributed by atoms with van der Waals surface area (Å²) in [6.45, 7) is -0.0236. The third-order valence-electron chi connectivity index (χ3n) is 3.52. The van der Waals surface area contributed by atoms with E-state index in [9.17, 15) is 14.3 Å². The number of thiophene rings is 1. The third-order valence-corrected chi connectivity index (χ3v) is 4.81. The van der Waals surface area contributed by atoms with Crippen LogP contribution in [0.4, 0.5) is 4.39 Å². The molecular weight excluding hydrogens is 337 g/mol. The second-order valence-electron chi connectivity index (χ2n) is 5.01. The number of aliphatic hydroxyl groups is 1. The van der Waals surface area contributed by atoms with Crippen LogP contribution in [-0.2, 0) is 0 Å². The highest BCUT2D eigenvalue weighted by atomic mass is 35.5. The molecule has 118 valence electrons. The van der Waals surface area contributed by atoms with E-state index in [1.807, 2.05) is 29.6 Å². The van der Waals surface area contributed by atoms with Crippen LogP contribution in [0.15, 0.2) is 47.8 Å². The molecule has 1 amide bonds. The Kier molecular flexibility index (Phi) is 4.61. The largest absolute Gasteiger partial charge is 0.387 e. The van der Waals surface area contributed by atoms with Crippen LogP contribution in [0.1, 0.15) is 22.0 Å². The van der Waals surface area contributed by atoms with E-state index in [0.717, 1.165) is 15.6 Å². The number of hydrogen-bond acceptors (Lipinski definition) is 3. The molecule has 23 heavy (non-hydrogen) atoms. The van der Waals surface area contributed by atoms with Gasteiger partial charge in [0, 0.05) is 16.8 Å². The number of fused-ring (bicyclic) bond motifs is 1. The van der Waals surface area contributed by atoms with Crippen molar-refractivity contribution in [2.75, 3.05) is 6.54 Å². The average molecular weight is 350 g/mol. The zero-order chi connectivity index (χ0) is 16.4. The molecule has 0 radical (unpaired) electrons. The van der Waals surface area contributed by atoms with E-state index >= 15 is 0 Å². The standard InChI is InChI=1S/C17H13ClFNO2S/c18-12-5-3-6-13(19)16(12)17(22)20-8-14(21)11-9-23-15-7-2-1-4-10(11)15/h1-7,9,14,21H,8H2,(H,20,22)/t14-/m0/s1. The quantitative estimate of drug-likeness (QED) is 0.743. The first-order valence-corrected chi connectivity index (χ1v) is 8.20. The molecule has 0 aliphatic rings. The molecule has 0 aliphatic carbocycles. The Balaban J connectivity index is 1.74. The molecule has 1 atom stereocenters. The number of aliphatic hydroxyl groups excluding tert-OH is 1. The van der Waals surface area contributed by atoms with E-state index in [-0.39, 0.29) is 17.1 Å². The fourth-order valence-electron chi connectivity index (χ4n) is 2.36. The minimum absolute atomic E-state index is 0.0236. The van der Waals surface area contributed by atoms with E-state index < -0.39 is 17.8 Å². The Morgan fingerprint density at radius 1 is 1.26 bits per heavy atom. The molecule has 2 N–H and O–H groups in total. The minimum atomic E-state index is -0.874. The van der Waals surface area contributed by atoms with Gasteiger partial charge in [0.2, 0.25) is 0 Å². The number of carbonyl (C=O) groups excluding carboxylic acids is 1. The number of benzene rings is 2. The van der Waals surface area contributed by atoms with Crippen molar-refractivity contribution in [1.82, 2.24) is 5.32 Å². The fourth-order valence-corrected chi connectivity index (χ4v) is 3.62. The number of rotatable bonds is 4. The van der Waals surface area contributed by atoms with Crippen LogP contribution < -0.4 is 5.32 Å². The maximum absolute atomic E-state index is 13.7. The molecule has 1 aromatic heterocycles. The zero-order valence-corrected chi connectivity index (χ0v) is 13.5. The SMILES string of the molecule is O=C(NC[C@H](O)c1csc2ccccc12)c1c(F)cccc1Cl. The lowest BCUT2D eigenvalue weighted by molar-refractivity contribution is 0.0913. The lowest BCUT2D eigenvalue weighted by Gasteiger charge is -2.12. The highest BCUT2D eigenvalue weighted by molar-refractivity contribution is 7.17. The molecule has 0 saturated heterocycles. The normalized spacial score (nSPS) is 12.3. The van der Waals surface area contributed by atoms with Crippen molar-refractivity contribution in [2.24, 2.45) is 0 Å². The zero-order valence-electron chi connectivity index (χ0n) is 11.9. The number of hydrogen-bond donors (Lipinski definition) is 2. The summed E-state index contributed by atoms with van der Waals surface area (Å²) in [5.41, 5.74) is 0.530. The van der Waals surface area contributed by atoms with E-state index in [1.54, 1.807) is 0 Å². The van der Waals surface area contributed by atoms with Crippen LogP contribution in [0.2, 0.25) is 5.02 Å². The number of nitrogens with one attached hydrogen (secondary N) is 1. The maximum Gasteiger partial charge on any atom is 0.255 e. The third kappa shape index (κ3) is 3.22. The summed E-state index contributed by atoms with van der Waals surface area (Å²) in [4.78, 5) is 12.1. The Bertz CT molecular complexity index is 844. The number of halogens is 2. The topological polar surface area (TPSA) is 49.3 Å². The van der Waals surface area contributed by atoms with Gasteiger partial charge in [-0.3, -0.25) is 4.79 Å². The lowest BCUT2D eigenvalue weighted by Crippen LogP contribution is -2.29. The van der Waals surface area contributed by atoms with E-state index in [4.69, 9.17) is 11.6 Å². The van der Waals surface area contributed by atoms with Crippen LogP contribution in [-0.4, -0.2) is 17.6 Å². The minimum Gasteiger partial charge on any atom is -0.387 e. The summed E-state index contributed by atoms with van der Waals surface area (Å²) >= 11 is 7.38. The predicted molar refractivity (Wildman–Crippen MR) is 90.5 cm³/mol. The Morgan fingerprint density at radius 3 is 2.83 bits per heavy atom. The van der Waals surface area contributed by atoms with Gasteiger partial charge in [0.1, 0.15) is 5.82 Å². The molecule has 0 saturated carbocycles. The first-order chi connectivity index (χ1) is 11.1. The first-order valence-electron chi connectivity index (χ1n) is 6.94. The van der Waals surface area contributed by atoms with Crippen molar-refractivity contribution in [3.8, 4) is 0 Å². The van der Waals surface area contributed by atoms with E-state index in [0.29, 0.717) is 0 Å². The molecule has 0 aliphatic heterocycles. The Hall–Kier alpha value is -1.95. The van der Waals surface area contributed by atoms with Gasteiger partial charge in [-0.2, -0.15) is 0 Å².